The molecule has 1 spiro atoms. The molecule has 2 amide bonds. The molecule has 1 N–H and O–H groups in total. The maximum Gasteiger partial charge on any atom is 0.242 e. The number of piperidine rings is 1. The third-order valence-corrected chi connectivity index (χ3v) is 6.58. The minimum atomic E-state index is -0.632. The quantitative estimate of drug-likeness (QED) is 0.681. The first kappa shape index (κ1) is 27.6. The van der Waals surface area contributed by atoms with Crippen LogP contribution in [0.15, 0.2) is 18.5 Å². The number of rotatable bonds is 5. The van der Waals surface area contributed by atoms with Crippen molar-refractivity contribution >= 4 is 11.8 Å². The third kappa shape index (κ3) is 7.51. The van der Waals surface area contributed by atoms with Crippen molar-refractivity contribution in [1.82, 2.24) is 24.9 Å². The van der Waals surface area contributed by atoms with Crippen molar-refractivity contribution in [2.75, 3.05) is 39.4 Å². The maximum absolute atomic E-state index is 13.0. The second kappa shape index (κ2) is 12.3. The van der Waals surface area contributed by atoms with Gasteiger partial charge in [-0.05, 0) is 31.2 Å². The lowest BCUT2D eigenvalue weighted by Gasteiger charge is -2.48. The maximum atomic E-state index is 13.0. The highest BCUT2D eigenvalue weighted by Gasteiger charge is 2.45. The fourth-order valence-electron chi connectivity index (χ4n) is 4.90. The number of amides is 2. The summed E-state index contributed by atoms with van der Waals surface area (Å²) in [6.45, 7) is 15.9. The van der Waals surface area contributed by atoms with Gasteiger partial charge in [0.2, 0.25) is 11.8 Å². The van der Waals surface area contributed by atoms with Gasteiger partial charge in [0.05, 0.1) is 31.8 Å². The summed E-state index contributed by atoms with van der Waals surface area (Å²) < 4.78 is 14.2. The lowest BCUT2D eigenvalue weighted by molar-refractivity contribution is -0.300. The fraction of sp³-hybridized carbons (Fsp3) is 0.808. The fourth-order valence-corrected chi connectivity index (χ4v) is 4.90. The summed E-state index contributed by atoms with van der Waals surface area (Å²) in [4.78, 5) is 29.4. The van der Waals surface area contributed by atoms with Crippen LogP contribution >= 0.6 is 0 Å². The molecule has 1 aromatic heterocycles. The Morgan fingerprint density at radius 2 is 1.89 bits per heavy atom. The van der Waals surface area contributed by atoms with Gasteiger partial charge in [-0.3, -0.25) is 14.3 Å². The topological polar surface area (TPSA) is 88.9 Å². The first-order valence-corrected chi connectivity index (χ1v) is 13.2. The molecule has 35 heavy (non-hydrogen) atoms. The summed E-state index contributed by atoms with van der Waals surface area (Å²) in [5, 5.41) is 7.56. The van der Waals surface area contributed by atoms with Crippen molar-refractivity contribution in [3.8, 4) is 0 Å². The first-order valence-electron chi connectivity index (χ1n) is 13.2. The monoisotopic (exact) mass is 491 g/mol. The molecule has 0 radical (unpaired) electrons. The molecule has 2 unspecified atom stereocenters. The molecule has 1 aromatic rings. The number of hydrogen-bond acceptors (Lipinski definition) is 6. The Hall–Kier alpha value is -1.97. The van der Waals surface area contributed by atoms with Crippen LogP contribution in [0, 0.1) is 11.8 Å². The van der Waals surface area contributed by atoms with Crippen molar-refractivity contribution in [1.29, 1.82) is 0 Å². The summed E-state index contributed by atoms with van der Waals surface area (Å²) in [6.07, 6.45) is 5.74. The smallest absolute Gasteiger partial charge is 0.242 e. The molecule has 9 heteroatoms. The van der Waals surface area contributed by atoms with Gasteiger partial charge in [0.15, 0.2) is 5.79 Å². The van der Waals surface area contributed by atoms with E-state index in [1.54, 1.807) is 11.1 Å². The van der Waals surface area contributed by atoms with Crippen molar-refractivity contribution in [3.05, 3.63) is 18.5 Å². The highest BCUT2D eigenvalue weighted by atomic mass is 16.7. The van der Waals surface area contributed by atoms with Crippen molar-refractivity contribution in [3.63, 3.8) is 0 Å². The number of aromatic nitrogens is 2. The molecule has 0 bridgehead atoms. The molecule has 4 rings (SSSR count). The Kier molecular flexibility index (Phi) is 9.72. The summed E-state index contributed by atoms with van der Waals surface area (Å²) >= 11 is 0. The summed E-state index contributed by atoms with van der Waals surface area (Å²) in [5.41, 5.74) is 0. The zero-order chi connectivity index (χ0) is 25.6. The highest BCUT2D eigenvalue weighted by Crippen LogP contribution is 2.36. The van der Waals surface area contributed by atoms with E-state index in [1.165, 1.54) is 0 Å². The van der Waals surface area contributed by atoms with Gasteiger partial charge in [0.25, 0.3) is 0 Å². The van der Waals surface area contributed by atoms with Crippen LogP contribution < -0.4 is 5.32 Å². The zero-order valence-corrected chi connectivity index (χ0v) is 22.4. The number of likely N-dealkylation sites (tertiary alicyclic amines) is 1. The van der Waals surface area contributed by atoms with Gasteiger partial charge < -0.3 is 24.6 Å². The standard InChI is InChI=1S/C22H35N5O4.C4H10/c1-16(2)11-19-21(29)25(10-7-23-19)13-20(28)26-9-5-22(12-17(26)3)30-14-18(15-31-22)27-8-4-6-24-27;1-4(2)3/h4,6,8,16-19,23H,5,7,9-15H2,1-3H3;4H,1-3H3. The van der Waals surface area contributed by atoms with Gasteiger partial charge in [0, 0.05) is 50.9 Å². The number of nitrogens with one attached hydrogen (secondary N) is 1. The molecule has 0 aliphatic carbocycles. The Labute approximate surface area is 210 Å². The van der Waals surface area contributed by atoms with E-state index in [1.807, 2.05) is 28.8 Å². The second-order valence-corrected chi connectivity index (χ2v) is 11.2. The highest BCUT2D eigenvalue weighted by molar-refractivity contribution is 5.88. The van der Waals surface area contributed by atoms with Crippen LogP contribution in [0.5, 0.6) is 0 Å². The van der Waals surface area contributed by atoms with Crippen LogP contribution in [0.25, 0.3) is 0 Å². The second-order valence-electron chi connectivity index (χ2n) is 11.2. The Bertz CT molecular complexity index is 802. The van der Waals surface area contributed by atoms with Gasteiger partial charge in [-0.2, -0.15) is 5.10 Å². The minimum Gasteiger partial charge on any atom is -0.347 e. The van der Waals surface area contributed by atoms with E-state index in [-0.39, 0.29) is 36.5 Å². The van der Waals surface area contributed by atoms with Crippen molar-refractivity contribution < 1.29 is 19.1 Å². The van der Waals surface area contributed by atoms with E-state index in [0.717, 1.165) is 18.9 Å². The molecule has 3 saturated heterocycles. The number of ether oxygens (including phenoxy) is 2. The zero-order valence-electron chi connectivity index (χ0n) is 22.4. The minimum absolute atomic E-state index is 0.00567. The van der Waals surface area contributed by atoms with Crippen molar-refractivity contribution in [2.45, 2.75) is 84.7 Å². The normalized spacial score (nSPS) is 29.5. The van der Waals surface area contributed by atoms with E-state index in [2.05, 4.69) is 45.0 Å². The molecule has 4 heterocycles. The Balaban J connectivity index is 0.000000795. The van der Waals surface area contributed by atoms with E-state index in [0.29, 0.717) is 45.1 Å². The van der Waals surface area contributed by atoms with Gasteiger partial charge in [-0.25, -0.2) is 0 Å². The van der Waals surface area contributed by atoms with Crippen LogP contribution in [0.2, 0.25) is 0 Å². The number of nitrogens with zero attached hydrogens (tertiary/aromatic N) is 4. The van der Waals surface area contributed by atoms with E-state index in [9.17, 15) is 9.59 Å². The van der Waals surface area contributed by atoms with Crippen LogP contribution in [0.1, 0.15) is 66.8 Å². The van der Waals surface area contributed by atoms with Crippen molar-refractivity contribution in [2.24, 2.45) is 11.8 Å². The van der Waals surface area contributed by atoms with Gasteiger partial charge in [0.1, 0.15) is 0 Å². The van der Waals surface area contributed by atoms with Crippen LogP contribution in [0.3, 0.4) is 0 Å². The number of carbonyl (C=O) groups is 2. The molecular weight excluding hydrogens is 446 g/mol. The number of hydrogen-bond donors (Lipinski definition) is 1. The Morgan fingerprint density at radius 3 is 2.46 bits per heavy atom. The Morgan fingerprint density at radius 1 is 1.20 bits per heavy atom. The summed E-state index contributed by atoms with van der Waals surface area (Å²) in [6, 6.07) is 1.78. The molecule has 198 valence electrons. The number of piperazine rings is 1. The molecule has 9 nitrogen and oxygen atoms in total. The first-order chi connectivity index (χ1) is 16.6. The largest absolute Gasteiger partial charge is 0.347 e. The summed E-state index contributed by atoms with van der Waals surface area (Å²) in [5.74, 6) is 0.676. The molecule has 2 atom stereocenters. The van der Waals surface area contributed by atoms with Crippen LogP contribution in [0.4, 0.5) is 0 Å². The summed E-state index contributed by atoms with van der Waals surface area (Å²) in [7, 11) is 0. The average Bonchev–Trinajstić information content (AvgIpc) is 3.31. The molecule has 0 aromatic carbocycles. The predicted molar refractivity (Wildman–Crippen MR) is 135 cm³/mol. The van der Waals surface area contributed by atoms with Gasteiger partial charge in [-0.1, -0.05) is 34.6 Å². The van der Waals surface area contributed by atoms with E-state index in [4.69, 9.17) is 9.47 Å². The SMILES string of the molecule is CC(C)C.CC(C)CC1NCCN(CC(=O)N2CCC3(CC2C)OCC(n2cccn2)CO3)C1=O. The molecular formula is C26H45N5O4. The van der Waals surface area contributed by atoms with Gasteiger partial charge in [-0.15, -0.1) is 0 Å². The molecule has 3 aliphatic rings. The van der Waals surface area contributed by atoms with Crippen LogP contribution in [-0.2, 0) is 19.1 Å². The molecule has 0 saturated carbocycles. The molecule has 3 fully saturated rings. The van der Waals surface area contributed by atoms with Crippen LogP contribution in [-0.4, -0.2) is 88.7 Å². The number of carbonyl (C=O) groups excluding carboxylic acids is 2. The lowest BCUT2D eigenvalue weighted by Crippen LogP contribution is -2.60. The average molecular weight is 492 g/mol. The van der Waals surface area contributed by atoms with E-state index >= 15 is 0 Å². The van der Waals surface area contributed by atoms with Gasteiger partial charge >= 0.3 is 0 Å². The molecule has 3 aliphatic heterocycles. The third-order valence-electron chi connectivity index (χ3n) is 6.58. The predicted octanol–water partition coefficient (Wildman–Crippen LogP) is 2.69. The lowest BCUT2D eigenvalue weighted by atomic mass is 9.95. The van der Waals surface area contributed by atoms with E-state index < -0.39 is 5.79 Å².